The predicted octanol–water partition coefficient (Wildman–Crippen LogP) is 7.39. The van der Waals surface area contributed by atoms with E-state index in [4.69, 9.17) is 0 Å². The van der Waals surface area contributed by atoms with Crippen molar-refractivity contribution in [3.05, 3.63) is 0 Å². The lowest BCUT2D eigenvalue weighted by Gasteiger charge is -2.05. The van der Waals surface area contributed by atoms with Gasteiger partial charge in [0.2, 0.25) is 0 Å². The summed E-state index contributed by atoms with van der Waals surface area (Å²) in [6.45, 7) is 2.50. The minimum absolute atomic E-state index is 1.25. The van der Waals surface area contributed by atoms with Crippen LogP contribution in [0.5, 0.6) is 0 Å². The van der Waals surface area contributed by atoms with E-state index in [0.717, 1.165) is 0 Å². The first-order valence-corrected chi connectivity index (χ1v) is 11.2. The third-order valence-corrected chi connectivity index (χ3v) is 5.46. The Kier molecular flexibility index (Phi) is 16.7. The molecule has 1 N–H and O–H groups in total. The van der Waals surface area contributed by atoms with E-state index in [2.05, 4.69) is 5.32 Å². The highest BCUT2D eigenvalue weighted by molar-refractivity contribution is 4.54. The molecule has 0 aliphatic carbocycles. The molecule has 1 heterocycles. The van der Waals surface area contributed by atoms with Crippen LogP contribution in [0, 0.1) is 0 Å². The van der Waals surface area contributed by atoms with E-state index in [1.54, 1.807) is 0 Å². The normalized spacial score (nSPS) is 24.0. The minimum atomic E-state index is 1.25. The minimum Gasteiger partial charge on any atom is -0.317 e. The third kappa shape index (κ3) is 16.6. The zero-order chi connectivity index (χ0) is 16.3. The average Bonchev–Trinajstić information content (AvgIpc) is 2.56. The SMILES string of the molecule is C1CCCCCCCCCCCNCCCCCCCCCC1. The summed E-state index contributed by atoms with van der Waals surface area (Å²) in [5.41, 5.74) is 0. The average molecular weight is 324 g/mol. The van der Waals surface area contributed by atoms with Crippen LogP contribution in [0.2, 0.25) is 0 Å². The van der Waals surface area contributed by atoms with Gasteiger partial charge in [0, 0.05) is 0 Å². The standard InChI is InChI=1S/C22H45N/c1-2-4-6-8-10-12-14-16-18-20-22-23-21-19-17-15-13-11-9-7-5-3-1/h23H,1-22H2. The molecule has 1 heteroatoms. The highest BCUT2D eigenvalue weighted by Crippen LogP contribution is 2.14. The maximum absolute atomic E-state index is 3.63. The van der Waals surface area contributed by atoms with Gasteiger partial charge in [-0.3, -0.25) is 0 Å². The Morgan fingerprint density at radius 1 is 0.217 bits per heavy atom. The van der Waals surface area contributed by atoms with Crippen LogP contribution in [0.1, 0.15) is 128 Å². The smallest absolute Gasteiger partial charge is 0.00489 e. The second kappa shape index (κ2) is 18.3. The molecule has 1 nitrogen and oxygen atoms in total. The topological polar surface area (TPSA) is 12.0 Å². The molecule has 0 radical (unpaired) electrons. The van der Waals surface area contributed by atoms with E-state index in [1.165, 1.54) is 142 Å². The molecule has 0 aromatic carbocycles. The lowest BCUT2D eigenvalue weighted by Crippen LogP contribution is -2.16. The van der Waals surface area contributed by atoms with Crippen molar-refractivity contribution in [2.45, 2.75) is 128 Å². The molecular formula is C22H45N. The van der Waals surface area contributed by atoms with Gasteiger partial charge in [0.15, 0.2) is 0 Å². The molecule has 0 aromatic heterocycles. The highest BCUT2D eigenvalue weighted by atomic mass is 14.8. The first kappa shape index (κ1) is 21.0. The molecular weight excluding hydrogens is 278 g/mol. The molecule has 1 rings (SSSR count). The number of hydrogen-bond donors (Lipinski definition) is 1. The summed E-state index contributed by atoms with van der Waals surface area (Å²) in [5.74, 6) is 0. The molecule has 1 fully saturated rings. The Hall–Kier alpha value is -0.0400. The molecule has 1 saturated heterocycles. The fourth-order valence-corrected chi connectivity index (χ4v) is 3.81. The Labute approximate surface area is 147 Å². The van der Waals surface area contributed by atoms with Gasteiger partial charge in [0.1, 0.15) is 0 Å². The summed E-state index contributed by atoms with van der Waals surface area (Å²) in [6.07, 6.45) is 29.4. The van der Waals surface area contributed by atoms with Gasteiger partial charge in [-0.05, 0) is 25.9 Å². The van der Waals surface area contributed by atoms with Crippen LogP contribution in [-0.4, -0.2) is 13.1 Å². The van der Waals surface area contributed by atoms with Gasteiger partial charge in [-0.15, -0.1) is 0 Å². The molecule has 138 valence electrons. The van der Waals surface area contributed by atoms with Crippen molar-refractivity contribution in [2.24, 2.45) is 0 Å². The second-order valence-corrected chi connectivity index (χ2v) is 7.82. The van der Waals surface area contributed by atoms with Gasteiger partial charge < -0.3 is 5.32 Å². The summed E-state index contributed by atoms with van der Waals surface area (Å²) < 4.78 is 0. The number of rotatable bonds is 0. The van der Waals surface area contributed by atoms with E-state index >= 15 is 0 Å². The first-order chi connectivity index (χ1) is 11.5. The number of hydrogen-bond acceptors (Lipinski definition) is 1. The molecule has 0 atom stereocenters. The second-order valence-electron chi connectivity index (χ2n) is 7.82. The van der Waals surface area contributed by atoms with Crippen LogP contribution >= 0.6 is 0 Å². The zero-order valence-corrected chi connectivity index (χ0v) is 16.1. The Morgan fingerprint density at radius 2 is 0.391 bits per heavy atom. The van der Waals surface area contributed by atoms with E-state index in [1.807, 2.05) is 0 Å². The molecule has 0 unspecified atom stereocenters. The van der Waals surface area contributed by atoms with Gasteiger partial charge in [-0.2, -0.15) is 0 Å². The predicted molar refractivity (Wildman–Crippen MR) is 105 cm³/mol. The van der Waals surface area contributed by atoms with Gasteiger partial charge in [0.05, 0.1) is 0 Å². The van der Waals surface area contributed by atoms with Crippen molar-refractivity contribution in [1.82, 2.24) is 5.32 Å². The van der Waals surface area contributed by atoms with E-state index in [-0.39, 0.29) is 0 Å². The first-order valence-electron chi connectivity index (χ1n) is 11.2. The van der Waals surface area contributed by atoms with Gasteiger partial charge in [-0.25, -0.2) is 0 Å². The van der Waals surface area contributed by atoms with Gasteiger partial charge >= 0.3 is 0 Å². The van der Waals surface area contributed by atoms with Crippen molar-refractivity contribution in [3.8, 4) is 0 Å². The highest BCUT2D eigenvalue weighted by Gasteiger charge is 1.96. The quantitative estimate of drug-likeness (QED) is 0.490. The van der Waals surface area contributed by atoms with Gasteiger partial charge in [-0.1, -0.05) is 116 Å². The van der Waals surface area contributed by atoms with Crippen molar-refractivity contribution < 1.29 is 0 Å². The van der Waals surface area contributed by atoms with Crippen molar-refractivity contribution in [3.63, 3.8) is 0 Å². The summed E-state index contributed by atoms with van der Waals surface area (Å²) in [7, 11) is 0. The molecule has 0 amide bonds. The van der Waals surface area contributed by atoms with Crippen LogP contribution in [-0.2, 0) is 0 Å². The van der Waals surface area contributed by atoms with Crippen molar-refractivity contribution in [1.29, 1.82) is 0 Å². The van der Waals surface area contributed by atoms with Crippen LogP contribution in [0.15, 0.2) is 0 Å². The Bertz CT molecular complexity index is 110. The Balaban J connectivity index is 2.00. The van der Waals surface area contributed by atoms with Crippen molar-refractivity contribution in [2.75, 3.05) is 13.1 Å². The van der Waals surface area contributed by atoms with E-state index in [9.17, 15) is 0 Å². The van der Waals surface area contributed by atoms with Crippen LogP contribution in [0.3, 0.4) is 0 Å². The lowest BCUT2D eigenvalue weighted by atomic mass is 10.0. The summed E-state index contributed by atoms with van der Waals surface area (Å²) in [4.78, 5) is 0. The lowest BCUT2D eigenvalue weighted by molar-refractivity contribution is 0.523. The van der Waals surface area contributed by atoms with Gasteiger partial charge in [0.25, 0.3) is 0 Å². The molecule has 0 bridgehead atoms. The monoisotopic (exact) mass is 323 g/mol. The van der Waals surface area contributed by atoms with E-state index in [0.29, 0.717) is 0 Å². The third-order valence-electron chi connectivity index (χ3n) is 5.46. The molecule has 0 aromatic rings. The Morgan fingerprint density at radius 3 is 0.609 bits per heavy atom. The fourth-order valence-electron chi connectivity index (χ4n) is 3.81. The maximum Gasteiger partial charge on any atom is -0.00489 e. The molecule has 0 saturated carbocycles. The van der Waals surface area contributed by atoms with Crippen molar-refractivity contribution >= 4 is 0 Å². The zero-order valence-electron chi connectivity index (χ0n) is 16.1. The molecule has 1 aliphatic rings. The maximum atomic E-state index is 3.63. The van der Waals surface area contributed by atoms with Crippen LogP contribution < -0.4 is 5.32 Å². The largest absolute Gasteiger partial charge is 0.317 e. The van der Waals surface area contributed by atoms with Crippen LogP contribution in [0.4, 0.5) is 0 Å². The summed E-state index contributed by atoms with van der Waals surface area (Å²) in [5, 5.41) is 3.63. The number of nitrogens with one attached hydrogen (secondary N) is 1. The fraction of sp³-hybridized carbons (Fsp3) is 1.00. The summed E-state index contributed by atoms with van der Waals surface area (Å²) >= 11 is 0. The summed E-state index contributed by atoms with van der Waals surface area (Å²) in [6, 6.07) is 0. The molecule has 23 heavy (non-hydrogen) atoms. The van der Waals surface area contributed by atoms with Crippen LogP contribution in [0.25, 0.3) is 0 Å². The molecule has 1 aliphatic heterocycles. The molecule has 0 spiro atoms. The van der Waals surface area contributed by atoms with E-state index < -0.39 is 0 Å².